The van der Waals surface area contributed by atoms with Crippen LogP contribution in [0, 0.1) is 12.8 Å². The Morgan fingerprint density at radius 3 is 2.35 bits per heavy atom. The van der Waals surface area contributed by atoms with Gasteiger partial charge < -0.3 is 10.5 Å². The minimum Gasteiger partial charge on any atom is -0.496 e. The van der Waals surface area contributed by atoms with Crippen LogP contribution in [0.15, 0.2) is 18.2 Å². The van der Waals surface area contributed by atoms with Crippen LogP contribution in [-0.2, 0) is 0 Å². The molecule has 0 amide bonds. The van der Waals surface area contributed by atoms with Crippen LogP contribution in [0.1, 0.15) is 44.2 Å². The van der Waals surface area contributed by atoms with Crippen molar-refractivity contribution in [2.75, 3.05) is 7.11 Å². The highest BCUT2D eigenvalue weighted by Gasteiger charge is 2.22. The Hall–Kier alpha value is -1.02. The molecule has 96 valence electrons. The number of benzene rings is 1. The van der Waals surface area contributed by atoms with Crippen molar-refractivity contribution in [2.24, 2.45) is 11.7 Å². The quantitative estimate of drug-likeness (QED) is 0.848. The number of hydrogen-bond acceptors (Lipinski definition) is 2. The van der Waals surface area contributed by atoms with Gasteiger partial charge in [-0.3, -0.25) is 0 Å². The summed E-state index contributed by atoms with van der Waals surface area (Å²) in [6.45, 7) is 8.70. The average molecular weight is 235 g/mol. The van der Waals surface area contributed by atoms with Gasteiger partial charge in [-0.15, -0.1) is 0 Å². The van der Waals surface area contributed by atoms with Crippen molar-refractivity contribution in [1.29, 1.82) is 0 Å². The lowest BCUT2D eigenvalue weighted by Crippen LogP contribution is -2.31. The van der Waals surface area contributed by atoms with Crippen molar-refractivity contribution >= 4 is 0 Å². The molecule has 2 heteroatoms. The standard InChI is InChI=1S/C15H25NO/c1-6-13(16)15(10(2)3)12-7-8-14(17-5)11(4)9-12/h7-10,13,15H,6,16H2,1-5H3. The van der Waals surface area contributed by atoms with Crippen LogP contribution in [-0.4, -0.2) is 13.2 Å². The molecule has 1 rings (SSSR count). The van der Waals surface area contributed by atoms with Gasteiger partial charge in [0.05, 0.1) is 7.11 Å². The maximum Gasteiger partial charge on any atom is 0.121 e. The van der Waals surface area contributed by atoms with Crippen molar-refractivity contribution in [2.45, 2.75) is 46.1 Å². The highest BCUT2D eigenvalue weighted by Crippen LogP contribution is 2.31. The maximum atomic E-state index is 6.24. The lowest BCUT2D eigenvalue weighted by Gasteiger charge is -2.27. The van der Waals surface area contributed by atoms with E-state index in [0.717, 1.165) is 12.2 Å². The molecule has 0 aliphatic carbocycles. The number of nitrogens with two attached hydrogens (primary N) is 1. The normalized spacial score (nSPS) is 14.8. The monoisotopic (exact) mass is 235 g/mol. The van der Waals surface area contributed by atoms with Gasteiger partial charge >= 0.3 is 0 Å². The molecular weight excluding hydrogens is 210 g/mol. The van der Waals surface area contributed by atoms with Crippen LogP contribution in [0.2, 0.25) is 0 Å². The SMILES string of the molecule is CCC(N)C(c1ccc(OC)c(C)c1)C(C)C. The van der Waals surface area contributed by atoms with Gasteiger partial charge in [0.25, 0.3) is 0 Å². The number of methoxy groups -OCH3 is 1. The molecule has 0 saturated heterocycles. The Morgan fingerprint density at radius 2 is 1.94 bits per heavy atom. The Bertz CT molecular complexity index is 360. The highest BCUT2D eigenvalue weighted by molar-refractivity contribution is 5.38. The molecule has 0 fully saturated rings. The summed E-state index contributed by atoms with van der Waals surface area (Å²) in [5, 5.41) is 0. The van der Waals surface area contributed by atoms with E-state index in [-0.39, 0.29) is 6.04 Å². The first kappa shape index (κ1) is 14.0. The van der Waals surface area contributed by atoms with Gasteiger partial charge in [-0.05, 0) is 36.5 Å². The molecule has 0 saturated carbocycles. The van der Waals surface area contributed by atoms with Gasteiger partial charge in [-0.25, -0.2) is 0 Å². The maximum absolute atomic E-state index is 6.24. The van der Waals surface area contributed by atoms with Crippen molar-refractivity contribution in [3.8, 4) is 5.75 Å². The third-order valence-corrected chi connectivity index (χ3v) is 3.45. The Kier molecular flexibility index (Phi) is 5.01. The molecule has 2 atom stereocenters. The average Bonchev–Trinajstić information content (AvgIpc) is 2.28. The third-order valence-electron chi connectivity index (χ3n) is 3.45. The summed E-state index contributed by atoms with van der Waals surface area (Å²) in [5.41, 5.74) is 8.75. The van der Waals surface area contributed by atoms with Gasteiger partial charge in [0.15, 0.2) is 0 Å². The Balaban J connectivity index is 3.07. The van der Waals surface area contributed by atoms with Gasteiger partial charge in [0.2, 0.25) is 0 Å². The molecule has 0 spiro atoms. The fraction of sp³-hybridized carbons (Fsp3) is 0.600. The van der Waals surface area contributed by atoms with Crippen molar-refractivity contribution in [1.82, 2.24) is 0 Å². The lowest BCUT2D eigenvalue weighted by atomic mass is 9.81. The van der Waals surface area contributed by atoms with Gasteiger partial charge in [0, 0.05) is 12.0 Å². The molecule has 0 aliphatic rings. The number of rotatable bonds is 5. The second-order valence-electron chi connectivity index (χ2n) is 5.07. The number of hydrogen-bond donors (Lipinski definition) is 1. The summed E-state index contributed by atoms with van der Waals surface area (Å²) in [6.07, 6.45) is 1.01. The largest absolute Gasteiger partial charge is 0.496 e. The smallest absolute Gasteiger partial charge is 0.121 e. The second-order valence-corrected chi connectivity index (χ2v) is 5.07. The van der Waals surface area contributed by atoms with Crippen LogP contribution < -0.4 is 10.5 Å². The molecule has 0 radical (unpaired) electrons. The molecule has 2 nitrogen and oxygen atoms in total. The molecule has 1 aromatic rings. The van der Waals surface area contributed by atoms with Gasteiger partial charge in [-0.2, -0.15) is 0 Å². The minimum atomic E-state index is 0.225. The summed E-state index contributed by atoms with van der Waals surface area (Å²) in [7, 11) is 1.71. The van der Waals surface area contributed by atoms with Crippen LogP contribution >= 0.6 is 0 Å². The van der Waals surface area contributed by atoms with Gasteiger partial charge in [0.1, 0.15) is 5.75 Å². The predicted molar refractivity (Wildman–Crippen MR) is 73.6 cm³/mol. The van der Waals surface area contributed by atoms with E-state index in [0.29, 0.717) is 11.8 Å². The van der Waals surface area contributed by atoms with E-state index in [2.05, 4.69) is 39.8 Å². The highest BCUT2D eigenvalue weighted by atomic mass is 16.5. The first-order valence-electron chi connectivity index (χ1n) is 6.41. The summed E-state index contributed by atoms with van der Waals surface area (Å²) in [5.74, 6) is 1.92. The first-order valence-corrected chi connectivity index (χ1v) is 6.41. The van der Waals surface area contributed by atoms with E-state index >= 15 is 0 Å². The van der Waals surface area contributed by atoms with Gasteiger partial charge in [-0.1, -0.05) is 32.9 Å². The van der Waals surface area contributed by atoms with E-state index < -0.39 is 0 Å². The van der Waals surface area contributed by atoms with E-state index in [1.165, 1.54) is 11.1 Å². The zero-order valence-electron chi connectivity index (χ0n) is 11.7. The van der Waals surface area contributed by atoms with E-state index in [4.69, 9.17) is 10.5 Å². The summed E-state index contributed by atoms with van der Waals surface area (Å²) in [6, 6.07) is 6.62. The van der Waals surface area contributed by atoms with Crippen molar-refractivity contribution in [3.05, 3.63) is 29.3 Å². The fourth-order valence-corrected chi connectivity index (χ4v) is 2.49. The number of ether oxygens (including phenoxy) is 1. The van der Waals surface area contributed by atoms with Crippen LogP contribution in [0.25, 0.3) is 0 Å². The summed E-state index contributed by atoms with van der Waals surface area (Å²) in [4.78, 5) is 0. The second kappa shape index (κ2) is 6.06. The Labute approximate surface area is 105 Å². The topological polar surface area (TPSA) is 35.2 Å². The molecule has 1 aromatic carbocycles. The van der Waals surface area contributed by atoms with Crippen molar-refractivity contribution in [3.63, 3.8) is 0 Å². The molecule has 0 heterocycles. The van der Waals surface area contributed by atoms with E-state index in [9.17, 15) is 0 Å². The van der Waals surface area contributed by atoms with E-state index in [1.54, 1.807) is 7.11 Å². The zero-order valence-corrected chi connectivity index (χ0v) is 11.7. The molecule has 2 unspecified atom stereocenters. The zero-order chi connectivity index (χ0) is 13.0. The molecule has 0 aliphatic heterocycles. The summed E-state index contributed by atoms with van der Waals surface area (Å²) < 4.78 is 5.30. The minimum absolute atomic E-state index is 0.225. The molecule has 2 N–H and O–H groups in total. The number of aryl methyl sites for hydroxylation is 1. The third kappa shape index (κ3) is 3.22. The van der Waals surface area contributed by atoms with Crippen LogP contribution in [0.3, 0.4) is 0 Å². The first-order chi connectivity index (χ1) is 8.01. The molecule has 0 bridgehead atoms. The fourth-order valence-electron chi connectivity index (χ4n) is 2.49. The van der Waals surface area contributed by atoms with E-state index in [1.807, 2.05) is 6.07 Å². The molecule has 0 aromatic heterocycles. The lowest BCUT2D eigenvalue weighted by molar-refractivity contribution is 0.401. The van der Waals surface area contributed by atoms with Crippen LogP contribution in [0.4, 0.5) is 0 Å². The predicted octanol–water partition coefficient (Wildman–Crippen LogP) is 3.48. The van der Waals surface area contributed by atoms with Crippen molar-refractivity contribution < 1.29 is 4.74 Å². The molecular formula is C15H25NO. The Morgan fingerprint density at radius 1 is 1.29 bits per heavy atom. The summed E-state index contributed by atoms with van der Waals surface area (Å²) >= 11 is 0. The van der Waals surface area contributed by atoms with Crippen LogP contribution in [0.5, 0.6) is 5.75 Å². The molecule has 17 heavy (non-hydrogen) atoms.